The van der Waals surface area contributed by atoms with Crippen LogP contribution in [-0.4, -0.2) is 55.6 Å². The van der Waals surface area contributed by atoms with Gasteiger partial charge in [-0.25, -0.2) is 0 Å². The molecule has 0 bridgehead atoms. The van der Waals surface area contributed by atoms with Crippen molar-refractivity contribution in [2.45, 2.75) is 62.8 Å². The standard InChI is InChI=1S/C21H29ClN2O4S/c1-3-17(13-23(2)29(28)18-9-10-18)24-19(14-4-7-16(22)8-5-14)11-6-15(21(24)27)12-20(25)26/h4-5,7-8,15,17-19H,3,6,9-13H2,1-2H3,(H,25,26)/t15?,17-,19?,29?/m0/s1. The number of amides is 1. The fourth-order valence-corrected chi connectivity index (χ4v) is 5.63. The van der Waals surface area contributed by atoms with Crippen LogP contribution in [0.1, 0.15) is 57.1 Å². The minimum atomic E-state index is -1.04. The Kier molecular flexibility index (Phi) is 7.48. The van der Waals surface area contributed by atoms with Crippen LogP contribution >= 0.6 is 11.6 Å². The summed E-state index contributed by atoms with van der Waals surface area (Å²) in [6, 6.07) is 7.24. The number of rotatable bonds is 9. The molecule has 1 saturated carbocycles. The number of halogens is 1. The van der Waals surface area contributed by atoms with E-state index in [1.807, 2.05) is 47.4 Å². The lowest BCUT2D eigenvalue weighted by Gasteiger charge is -2.44. The molecule has 0 aromatic heterocycles. The van der Waals surface area contributed by atoms with Gasteiger partial charge in [-0.05, 0) is 37.0 Å². The number of likely N-dealkylation sites (N-methyl/N-ethyl adjacent to an activating group) is 1. The van der Waals surface area contributed by atoms with Gasteiger partial charge >= 0.3 is 5.97 Å². The summed E-state index contributed by atoms with van der Waals surface area (Å²) in [5.74, 6) is -1.58. The SMILES string of the molecule is CC[C@@H](CN(C)[S+]([O-])C1CC1)N1C(=O)C(CC(=O)O)CCC1c1ccc(Cl)cc1. The van der Waals surface area contributed by atoms with E-state index >= 15 is 0 Å². The molecule has 160 valence electrons. The van der Waals surface area contributed by atoms with Crippen LogP contribution in [0.2, 0.25) is 5.02 Å². The number of carbonyl (C=O) groups excluding carboxylic acids is 1. The predicted molar refractivity (Wildman–Crippen MR) is 114 cm³/mol. The third-order valence-corrected chi connectivity index (χ3v) is 7.91. The van der Waals surface area contributed by atoms with Crippen molar-refractivity contribution in [1.29, 1.82) is 0 Å². The zero-order valence-corrected chi connectivity index (χ0v) is 18.5. The molecule has 6 nitrogen and oxygen atoms in total. The minimum absolute atomic E-state index is 0.115. The number of hydrogen-bond donors (Lipinski definition) is 1. The van der Waals surface area contributed by atoms with Crippen LogP contribution in [0.15, 0.2) is 24.3 Å². The molecule has 3 rings (SSSR count). The van der Waals surface area contributed by atoms with Crippen molar-refractivity contribution in [1.82, 2.24) is 9.21 Å². The van der Waals surface area contributed by atoms with Crippen molar-refractivity contribution in [2.75, 3.05) is 13.6 Å². The van der Waals surface area contributed by atoms with Crippen LogP contribution in [0.5, 0.6) is 0 Å². The molecule has 1 aromatic carbocycles. The van der Waals surface area contributed by atoms with Gasteiger partial charge in [0, 0.05) is 48.2 Å². The van der Waals surface area contributed by atoms with Crippen LogP contribution in [-0.2, 0) is 21.0 Å². The fourth-order valence-electron chi connectivity index (χ4n) is 4.14. The van der Waals surface area contributed by atoms with Crippen LogP contribution in [0.3, 0.4) is 0 Å². The van der Waals surface area contributed by atoms with Crippen molar-refractivity contribution in [3.05, 3.63) is 34.9 Å². The maximum atomic E-state index is 13.4. The van der Waals surface area contributed by atoms with E-state index in [1.165, 1.54) is 0 Å². The number of piperidine rings is 1. The number of benzene rings is 1. The van der Waals surface area contributed by atoms with Crippen molar-refractivity contribution in [3.63, 3.8) is 0 Å². The largest absolute Gasteiger partial charge is 0.598 e. The van der Waals surface area contributed by atoms with E-state index in [0.717, 1.165) is 18.4 Å². The van der Waals surface area contributed by atoms with E-state index in [0.29, 0.717) is 30.8 Å². The number of likely N-dealkylation sites (tertiary alicyclic amines) is 1. The molecule has 0 radical (unpaired) electrons. The lowest BCUT2D eigenvalue weighted by atomic mass is 9.85. The van der Waals surface area contributed by atoms with Gasteiger partial charge in [-0.1, -0.05) is 30.7 Å². The molecule has 0 spiro atoms. The average molecular weight is 441 g/mol. The summed E-state index contributed by atoms with van der Waals surface area (Å²) >= 11 is 5.00. The first-order valence-corrected chi connectivity index (χ1v) is 11.8. The highest BCUT2D eigenvalue weighted by molar-refractivity contribution is 7.90. The Hall–Kier alpha value is -1.28. The first-order valence-electron chi connectivity index (χ1n) is 10.2. The summed E-state index contributed by atoms with van der Waals surface area (Å²) in [6.07, 6.45) is 3.80. The predicted octanol–water partition coefficient (Wildman–Crippen LogP) is 3.63. The van der Waals surface area contributed by atoms with E-state index in [-0.39, 0.29) is 29.7 Å². The van der Waals surface area contributed by atoms with E-state index in [4.69, 9.17) is 11.6 Å². The van der Waals surface area contributed by atoms with Gasteiger partial charge in [0.15, 0.2) is 0 Å². The molecule has 1 amide bonds. The van der Waals surface area contributed by atoms with Crippen molar-refractivity contribution in [2.24, 2.45) is 5.92 Å². The first-order chi connectivity index (χ1) is 13.8. The van der Waals surface area contributed by atoms with E-state index < -0.39 is 23.2 Å². The number of hydrogen-bond acceptors (Lipinski definition) is 4. The van der Waals surface area contributed by atoms with Crippen LogP contribution < -0.4 is 0 Å². The van der Waals surface area contributed by atoms with Gasteiger partial charge in [-0.3, -0.25) is 9.59 Å². The molecule has 1 saturated heterocycles. The zero-order valence-electron chi connectivity index (χ0n) is 16.9. The average Bonchev–Trinajstić information content (AvgIpc) is 3.53. The Morgan fingerprint density at radius 3 is 2.52 bits per heavy atom. The van der Waals surface area contributed by atoms with Gasteiger partial charge in [0.25, 0.3) is 0 Å². The fraction of sp³-hybridized carbons (Fsp3) is 0.619. The van der Waals surface area contributed by atoms with Gasteiger partial charge in [-0.2, -0.15) is 0 Å². The molecule has 8 heteroatoms. The number of nitrogens with zero attached hydrogens (tertiary/aromatic N) is 2. The summed E-state index contributed by atoms with van der Waals surface area (Å²) < 4.78 is 14.4. The van der Waals surface area contributed by atoms with Crippen LogP contribution in [0, 0.1) is 5.92 Å². The van der Waals surface area contributed by atoms with Gasteiger partial charge in [0.05, 0.1) is 19.0 Å². The Bertz CT molecular complexity index is 728. The monoisotopic (exact) mass is 440 g/mol. The van der Waals surface area contributed by atoms with Crippen molar-refractivity contribution in [3.8, 4) is 0 Å². The van der Waals surface area contributed by atoms with Crippen LogP contribution in [0.25, 0.3) is 0 Å². The Balaban J connectivity index is 1.85. The molecule has 1 heterocycles. The summed E-state index contributed by atoms with van der Waals surface area (Å²) in [4.78, 5) is 26.5. The lowest BCUT2D eigenvalue weighted by molar-refractivity contribution is -0.151. The first kappa shape index (κ1) is 22.4. The molecule has 1 aliphatic carbocycles. The quantitative estimate of drug-likeness (QED) is 0.593. The highest BCUT2D eigenvalue weighted by Gasteiger charge is 2.43. The number of carboxylic acid groups (broad SMARTS) is 1. The molecular formula is C21H29ClN2O4S. The van der Waals surface area contributed by atoms with E-state index in [9.17, 15) is 19.2 Å². The lowest BCUT2D eigenvalue weighted by Crippen LogP contribution is -2.53. The molecule has 2 aliphatic rings. The smallest absolute Gasteiger partial charge is 0.304 e. The summed E-state index contributed by atoms with van der Waals surface area (Å²) in [5, 5.41) is 10.1. The van der Waals surface area contributed by atoms with E-state index in [2.05, 4.69) is 0 Å². The molecule has 3 unspecified atom stereocenters. The normalized spacial score (nSPS) is 24.6. The van der Waals surface area contributed by atoms with Gasteiger partial charge < -0.3 is 14.6 Å². The third kappa shape index (κ3) is 5.45. The Morgan fingerprint density at radius 2 is 1.97 bits per heavy atom. The van der Waals surface area contributed by atoms with Gasteiger partial charge in [-0.15, -0.1) is 4.31 Å². The molecule has 4 atom stereocenters. The molecular weight excluding hydrogens is 412 g/mol. The van der Waals surface area contributed by atoms with Crippen LogP contribution in [0.4, 0.5) is 0 Å². The number of carbonyl (C=O) groups is 2. The van der Waals surface area contributed by atoms with Gasteiger partial charge in [0.2, 0.25) is 5.91 Å². The summed E-state index contributed by atoms with van der Waals surface area (Å²) in [7, 11) is 1.84. The Labute approximate surface area is 180 Å². The van der Waals surface area contributed by atoms with Gasteiger partial charge in [0.1, 0.15) is 5.25 Å². The topological polar surface area (TPSA) is 83.9 Å². The summed E-state index contributed by atoms with van der Waals surface area (Å²) in [6.45, 7) is 2.53. The zero-order chi connectivity index (χ0) is 21.1. The maximum absolute atomic E-state index is 13.4. The number of carboxylic acids is 1. The minimum Gasteiger partial charge on any atom is -0.598 e. The van der Waals surface area contributed by atoms with E-state index in [1.54, 1.807) is 0 Å². The Morgan fingerprint density at radius 1 is 1.31 bits per heavy atom. The maximum Gasteiger partial charge on any atom is 0.304 e. The second kappa shape index (κ2) is 9.69. The second-order valence-corrected chi connectivity index (χ2v) is 10.3. The van der Waals surface area contributed by atoms with Crippen molar-refractivity contribution >= 4 is 34.8 Å². The highest BCUT2D eigenvalue weighted by atomic mass is 35.5. The molecule has 2 fully saturated rings. The summed E-state index contributed by atoms with van der Waals surface area (Å²) in [5.41, 5.74) is 1.00. The van der Waals surface area contributed by atoms with Crippen molar-refractivity contribution < 1.29 is 19.2 Å². The second-order valence-electron chi connectivity index (χ2n) is 8.03. The third-order valence-electron chi connectivity index (χ3n) is 5.85. The highest BCUT2D eigenvalue weighted by Crippen LogP contribution is 2.38. The number of aliphatic carboxylic acids is 1. The molecule has 1 aromatic rings. The molecule has 1 N–H and O–H groups in total. The molecule has 29 heavy (non-hydrogen) atoms. The molecule has 1 aliphatic heterocycles.